The first-order valence-electron chi connectivity index (χ1n) is 1.95. The molecule has 38 valence electrons. The average Bonchev–Trinajstić information content (AvgIpc) is 2.14. The van der Waals surface area contributed by atoms with Crippen LogP contribution < -0.4 is 0 Å². The smallest absolute Gasteiger partial charge is 0.0953 e. The lowest BCUT2D eigenvalue weighted by Gasteiger charge is -1.86. The van der Waals surface area contributed by atoms with Crippen molar-refractivity contribution in [1.82, 2.24) is 9.55 Å². The number of hydrogen-bond donors (Lipinski definition) is 0. The van der Waals surface area contributed by atoms with Crippen LogP contribution in [0.25, 0.3) is 0 Å². The highest BCUT2D eigenvalue weighted by Crippen LogP contribution is 1.89. The second-order valence-electron chi connectivity index (χ2n) is 1.20. The van der Waals surface area contributed by atoms with E-state index in [2.05, 4.69) is 20.9 Å². The van der Waals surface area contributed by atoms with E-state index in [9.17, 15) is 0 Å². The fraction of sp³-hybridized carbons (Fsp3) is 0.250. The van der Waals surface area contributed by atoms with Gasteiger partial charge in [-0.3, -0.25) is 0 Å². The third-order valence-corrected chi connectivity index (χ3v) is 1.28. The van der Waals surface area contributed by atoms with E-state index in [0.29, 0.717) is 0 Å². The van der Waals surface area contributed by atoms with Crippen LogP contribution in [0.15, 0.2) is 18.7 Å². The summed E-state index contributed by atoms with van der Waals surface area (Å²) in [7, 11) is 0. The Bertz CT molecular complexity index is 124. The van der Waals surface area contributed by atoms with Crippen molar-refractivity contribution in [2.45, 2.75) is 5.45 Å². The second kappa shape index (κ2) is 2.12. The standard InChI is InChI=1S/C4H5BrN2/c5-3-7-2-1-6-4-7/h1-2,4H,3H2. The summed E-state index contributed by atoms with van der Waals surface area (Å²) in [5.41, 5.74) is 0.826. The third kappa shape index (κ3) is 1.03. The molecule has 0 bridgehead atoms. The molecule has 0 aliphatic rings. The molecule has 1 rings (SSSR count). The van der Waals surface area contributed by atoms with Crippen molar-refractivity contribution in [2.24, 2.45) is 0 Å². The first-order valence-corrected chi connectivity index (χ1v) is 3.07. The van der Waals surface area contributed by atoms with Crippen LogP contribution in [0.3, 0.4) is 0 Å². The molecule has 0 amide bonds. The number of imidazole rings is 1. The van der Waals surface area contributed by atoms with Gasteiger partial charge in [0.25, 0.3) is 0 Å². The predicted molar refractivity (Wildman–Crippen MR) is 31.2 cm³/mol. The minimum atomic E-state index is 0.826. The molecule has 0 unspecified atom stereocenters. The lowest BCUT2D eigenvalue weighted by Crippen LogP contribution is -1.82. The van der Waals surface area contributed by atoms with E-state index in [1.807, 2.05) is 10.8 Å². The first kappa shape index (κ1) is 4.84. The van der Waals surface area contributed by atoms with Crippen molar-refractivity contribution in [3.05, 3.63) is 18.7 Å². The molecule has 0 N–H and O–H groups in total. The lowest BCUT2D eigenvalue weighted by atomic mass is 10.9. The molecule has 0 atom stereocenters. The molecule has 7 heavy (non-hydrogen) atoms. The molecule has 0 aliphatic heterocycles. The molecule has 1 aromatic heterocycles. The topological polar surface area (TPSA) is 17.8 Å². The molecular formula is C4H5BrN2. The zero-order valence-electron chi connectivity index (χ0n) is 3.71. The van der Waals surface area contributed by atoms with Crippen LogP contribution >= 0.6 is 15.9 Å². The maximum Gasteiger partial charge on any atom is 0.0953 e. The summed E-state index contributed by atoms with van der Waals surface area (Å²) >= 11 is 3.26. The van der Waals surface area contributed by atoms with Gasteiger partial charge in [-0.2, -0.15) is 0 Å². The highest BCUT2D eigenvalue weighted by molar-refractivity contribution is 9.08. The SMILES string of the molecule is BrCn1ccnc1. The lowest BCUT2D eigenvalue weighted by molar-refractivity contribution is 0.901. The van der Waals surface area contributed by atoms with Crippen molar-refractivity contribution < 1.29 is 0 Å². The number of nitrogens with zero attached hydrogens (tertiary/aromatic N) is 2. The van der Waals surface area contributed by atoms with Crippen molar-refractivity contribution in [1.29, 1.82) is 0 Å². The maximum atomic E-state index is 3.83. The van der Waals surface area contributed by atoms with E-state index < -0.39 is 0 Å². The van der Waals surface area contributed by atoms with Crippen molar-refractivity contribution in [2.75, 3.05) is 0 Å². The summed E-state index contributed by atoms with van der Waals surface area (Å²) in [4.78, 5) is 3.83. The Morgan fingerprint density at radius 2 is 2.57 bits per heavy atom. The molecule has 3 heteroatoms. The number of aromatic nitrogens is 2. The Labute approximate surface area is 50.3 Å². The van der Waals surface area contributed by atoms with Crippen molar-refractivity contribution >= 4 is 15.9 Å². The Kier molecular flexibility index (Phi) is 1.46. The maximum absolute atomic E-state index is 3.83. The number of rotatable bonds is 1. The number of alkyl halides is 1. The average molecular weight is 161 g/mol. The Morgan fingerprint density at radius 3 is 2.86 bits per heavy atom. The summed E-state index contributed by atoms with van der Waals surface area (Å²) in [6.07, 6.45) is 5.41. The predicted octanol–water partition coefficient (Wildman–Crippen LogP) is 1.24. The normalized spacial score (nSPS) is 9.29. The van der Waals surface area contributed by atoms with Gasteiger partial charge in [0.2, 0.25) is 0 Å². The summed E-state index contributed by atoms with van der Waals surface area (Å²) in [5.74, 6) is 0. The van der Waals surface area contributed by atoms with Crippen LogP contribution in [-0.4, -0.2) is 9.55 Å². The molecule has 0 spiro atoms. The van der Waals surface area contributed by atoms with Gasteiger partial charge in [-0.25, -0.2) is 4.98 Å². The highest BCUT2D eigenvalue weighted by Gasteiger charge is 1.78. The molecule has 1 heterocycles. The van der Waals surface area contributed by atoms with Gasteiger partial charge < -0.3 is 4.57 Å². The molecule has 0 aliphatic carbocycles. The van der Waals surface area contributed by atoms with Crippen LogP contribution in [0.2, 0.25) is 0 Å². The van der Waals surface area contributed by atoms with Crippen LogP contribution in [0.1, 0.15) is 0 Å². The molecule has 0 saturated carbocycles. The van der Waals surface area contributed by atoms with Gasteiger partial charge in [-0.15, -0.1) is 0 Å². The minimum Gasteiger partial charge on any atom is -0.327 e. The monoisotopic (exact) mass is 160 g/mol. The molecular weight excluding hydrogens is 156 g/mol. The van der Waals surface area contributed by atoms with E-state index in [4.69, 9.17) is 0 Å². The van der Waals surface area contributed by atoms with Gasteiger partial charge in [-0.1, -0.05) is 15.9 Å². The van der Waals surface area contributed by atoms with Gasteiger partial charge in [0.15, 0.2) is 0 Å². The summed E-state index contributed by atoms with van der Waals surface area (Å²) in [6.45, 7) is 0. The molecule has 0 aromatic carbocycles. The zero-order chi connectivity index (χ0) is 5.11. The summed E-state index contributed by atoms with van der Waals surface area (Å²) < 4.78 is 1.93. The molecule has 2 nitrogen and oxygen atoms in total. The van der Waals surface area contributed by atoms with Gasteiger partial charge in [0.1, 0.15) is 0 Å². The van der Waals surface area contributed by atoms with Gasteiger partial charge >= 0.3 is 0 Å². The van der Waals surface area contributed by atoms with E-state index in [0.717, 1.165) is 5.45 Å². The second-order valence-corrected chi connectivity index (χ2v) is 1.70. The van der Waals surface area contributed by atoms with Crippen LogP contribution in [-0.2, 0) is 5.45 Å². The first-order chi connectivity index (χ1) is 3.43. The van der Waals surface area contributed by atoms with Crippen LogP contribution in [0.4, 0.5) is 0 Å². The fourth-order valence-corrected chi connectivity index (χ4v) is 0.654. The van der Waals surface area contributed by atoms with Crippen molar-refractivity contribution in [3.8, 4) is 0 Å². The van der Waals surface area contributed by atoms with Gasteiger partial charge in [0, 0.05) is 12.4 Å². The zero-order valence-corrected chi connectivity index (χ0v) is 5.30. The fourth-order valence-electron chi connectivity index (χ4n) is 0.357. The minimum absolute atomic E-state index is 0.826. The quantitative estimate of drug-likeness (QED) is 0.566. The number of halogens is 1. The largest absolute Gasteiger partial charge is 0.327 e. The van der Waals surface area contributed by atoms with Crippen molar-refractivity contribution in [3.63, 3.8) is 0 Å². The third-order valence-electron chi connectivity index (χ3n) is 0.697. The Hall–Kier alpha value is -0.310. The van der Waals surface area contributed by atoms with E-state index in [-0.39, 0.29) is 0 Å². The van der Waals surface area contributed by atoms with Crippen LogP contribution in [0, 0.1) is 0 Å². The van der Waals surface area contributed by atoms with E-state index >= 15 is 0 Å². The van der Waals surface area contributed by atoms with Gasteiger partial charge in [-0.05, 0) is 0 Å². The van der Waals surface area contributed by atoms with Gasteiger partial charge in [0.05, 0.1) is 11.8 Å². The number of hydrogen-bond acceptors (Lipinski definition) is 1. The molecule has 0 fully saturated rings. The summed E-state index contributed by atoms with van der Waals surface area (Å²) in [6, 6.07) is 0. The Balaban J connectivity index is 2.76. The highest BCUT2D eigenvalue weighted by atomic mass is 79.9. The molecule has 1 aromatic rings. The van der Waals surface area contributed by atoms with Crippen LogP contribution in [0.5, 0.6) is 0 Å². The molecule has 0 radical (unpaired) electrons. The molecule has 0 saturated heterocycles. The van der Waals surface area contributed by atoms with E-state index in [1.165, 1.54) is 0 Å². The van der Waals surface area contributed by atoms with E-state index in [1.54, 1.807) is 12.5 Å². The summed E-state index contributed by atoms with van der Waals surface area (Å²) in [5, 5.41) is 0. The Morgan fingerprint density at radius 1 is 1.71 bits per heavy atom.